The van der Waals surface area contributed by atoms with Crippen LogP contribution in [-0.2, 0) is 31.8 Å². The Bertz CT molecular complexity index is 1820. The largest absolute Gasteiger partial charge is 0.490 e. The minimum Gasteiger partial charge on any atom is -0.490 e. The van der Waals surface area contributed by atoms with Crippen LogP contribution in [0, 0.1) is 0 Å². The number of hydrogen-bond donors (Lipinski definition) is 6. The number of hydrogen-bond acceptors (Lipinski definition) is 12. The first-order chi connectivity index (χ1) is 24.9. The van der Waals surface area contributed by atoms with Crippen LogP contribution in [0.2, 0.25) is 5.02 Å². The average Bonchev–Trinajstić information content (AvgIpc) is 4.10. The van der Waals surface area contributed by atoms with E-state index in [1.54, 1.807) is 23.2 Å². The summed E-state index contributed by atoms with van der Waals surface area (Å²) in [6.07, 6.45) is 0.631. The van der Waals surface area contributed by atoms with Crippen molar-refractivity contribution in [1.82, 2.24) is 19.5 Å². The predicted octanol–water partition coefficient (Wildman–Crippen LogP) is 1.01. The fourth-order valence-corrected chi connectivity index (χ4v) is 7.88. The number of aliphatic hydroxyl groups excluding tert-OH is 5. The van der Waals surface area contributed by atoms with E-state index in [0.29, 0.717) is 10.6 Å². The van der Waals surface area contributed by atoms with Crippen molar-refractivity contribution in [2.45, 2.75) is 73.3 Å². The monoisotopic (exact) mass is 760 g/mol. The number of aromatic nitrogens is 1. The number of nitrogens with one attached hydrogen (secondary N) is 1. The Hall–Kier alpha value is -3.22. The number of aliphatic hydroxyl groups is 5. The summed E-state index contributed by atoms with van der Waals surface area (Å²) in [5.41, 5.74) is 2.84. The van der Waals surface area contributed by atoms with Crippen LogP contribution in [-0.4, -0.2) is 130 Å². The van der Waals surface area contributed by atoms with Crippen molar-refractivity contribution in [1.29, 1.82) is 0 Å². The smallest absolute Gasteiger partial charge is 0.243 e. The number of para-hydroxylation sites is 1. The lowest BCUT2D eigenvalue weighted by molar-refractivity contribution is -0.127. The lowest BCUT2D eigenvalue weighted by Gasteiger charge is -2.33. The van der Waals surface area contributed by atoms with Crippen LogP contribution in [0.3, 0.4) is 0 Å². The number of carbonyl (C=O) groups is 1. The molecule has 2 saturated carbocycles. The highest BCUT2D eigenvalue weighted by atomic mass is 35.5. The fraction of sp³-hybridized carbons (Fsp3) is 0.500. The molecule has 1 aromatic heterocycles. The molecule has 2 aliphatic carbocycles. The molecule has 3 fully saturated rings. The second kappa shape index (κ2) is 16.4. The third-order valence-electron chi connectivity index (χ3n) is 9.70. The fourth-order valence-electron chi connectivity index (χ4n) is 6.23. The van der Waals surface area contributed by atoms with Gasteiger partial charge in [-0.1, -0.05) is 29.8 Å². The van der Waals surface area contributed by atoms with E-state index in [1.165, 1.54) is 10.4 Å². The zero-order valence-corrected chi connectivity index (χ0v) is 30.1. The van der Waals surface area contributed by atoms with E-state index >= 15 is 0 Å². The van der Waals surface area contributed by atoms with Crippen LogP contribution in [0.1, 0.15) is 36.8 Å². The molecule has 2 aromatic carbocycles. The number of piperazine rings is 1. The number of nitrogens with zero attached hydrogens (tertiary/aromatic N) is 3. The zero-order valence-electron chi connectivity index (χ0n) is 28.6. The molecule has 0 spiro atoms. The molecule has 6 N–H and O–H groups in total. The van der Waals surface area contributed by atoms with E-state index in [9.17, 15) is 33.6 Å². The van der Waals surface area contributed by atoms with Gasteiger partial charge in [-0.2, -0.15) is 4.31 Å². The zero-order chi connectivity index (χ0) is 37.0. The maximum Gasteiger partial charge on any atom is 0.243 e. The van der Waals surface area contributed by atoms with Gasteiger partial charge in [0.1, 0.15) is 24.1 Å². The van der Waals surface area contributed by atoms with Crippen molar-refractivity contribution < 1.29 is 48.2 Å². The summed E-state index contributed by atoms with van der Waals surface area (Å²) < 4.78 is 41.5. The molecule has 1 aliphatic heterocycles. The topological polar surface area (TPSA) is 202 Å². The van der Waals surface area contributed by atoms with Crippen molar-refractivity contribution in [3.8, 4) is 16.9 Å². The van der Waals surface area contributed by atoms with Crippen LogP contribution < -0.4 is 10.1 Å². The molecule has 1 saturated heterocycles. The van der Waals surface area contributed by atoms with E-state index in [-0.39, 0.29) is 50.3 Å². The van der Waals surface area contributed by atoms with Gasteiger partial charge < -0.3 is 40.3 Å². The first-order valence-corrected chi connectivity index (χ1v) is 19.2. The molecular formula is C36H45ClN4O10S. The Morgan fingerprint density at radius 1 is 0.981 bits per heavy atom. The van der Waals surface area contributed by atoms with Crippen LogP contribution >= 0.6 is 11.6 Å². The summed E-state index contributed by atoms with van der Waals surface area (Å²) in [6.45, 7) is -0.396. The molecule has 0 radical (unpaired) electrons. The Labute approximate surface area is 307 Å². The maximum atomic E-state index is 13.7. The number of pyridine rings is 1. The summed E-state index contributed by atoms with van der Waals surface area (Å²) in [4.78, 5) is 18.7. The normalized spacial score (nSPS) is 20.1. The second-order valence-electron chi connectivity index (χ2n) is 13.6. The van der Waals surface area contributed by atoms with Crippen molar-refractivity contribution in [2.24, 2.45) is 0 Å². The number of sulfonamides is 1. The van der Waals surface area contributed by atoms with Gasteiger partial charge >= 0.3 is 0 Å². The molecule has 2 heterocycles. The van der Waals surface area contributed by atoms with Gasteiger partial charge in [0.2, 0.25) is 15.9 Å². The molecule has 4 atom stereocenters. The quantitative estimate of drug-likeness (QED) is 0.114. The van der Waals surface area contributed by atoms with Gasteiger partial charge in [-0.05, 0) is 67.1 Å². The van der Waals surface area contributed by atoms with Crippen molar-refractivity contribution >= 4 is 27.5 Å². The van der Waals surface area contributed by atoms with Crippen molar-refractivity contribution in [3.63, 3.8) is 0 Å². The Balaban J connectivity index is 1.05. The van der Waals surface area contributed by atoms with E-state index in [0.717, 1.165) is 48.1 Å². The molecule has 0 unspecified atom stereocenters. The lowest BCUT2D eigenvalue weighted by Crippen LogP contribution is -2.53. The molecule has 6 rings (SSSR count). The minimum atomic E-state index is -3.90. The molecular weight excluding hydrogens is 716 g/mol. The van der Waals surface area contributed by atoms with Crippen molar-refractivity contribution in [3.05, 3.63) is 77.1 Å². The summed E-state index contributed by atoms with van der Waals surface area (Å²) in [7, 11) is -3.90. The molecule has 14 nitrogen and oxygen atoms in total. The summed E-state index contributed by atoms with van der Waals surface area (Å²) in [6, 6.07) is 14.5. The Morgan fingerprint density at radius 3 is 2.38 bits per heavy atom. The van der Waals surface area contributed by atoms with Crippen LogP contribution in [0.15, 0.2) is 65.8 Å². The number of rotatable bonds is 17. The number of ether oxygens (including phenoxy) is 2. The Morgan fingerprint density at radius 2 is 1.69 bits per heavy atom. The number of halogens is 1. The minimum absolute atomic E-state index is 0.0829. The summed E-state index contributed by atoms with van der Waals surface area (Å²) >= 11 is 6.57. The van der Waals surface area contributed by atoms with Gasteiger partial charge in [-0.15, -0.1) is 0 Å². The molecule has 3 aliphatic rings. The molecule has 3 aromatic rings. The van der Waals surface area contributed by atoms with Crippen LogP contribution in [0.25, 0.3) is 11.1 Å². The number of benzene rings is 2. The highest BCUT2D eigenvalue weighted by Crippen LogP contribution is 2.53. The van der Waals surface area contributed by atoms with Crippen LogP contribution in [0.5, 0.6) is 5.75 Å². The summed E-state index contributed by atoms with van der Waals surface area (Å²) in [5, 5.41) is 50.9. The Kier molecular flexibility index (Phi) is 12.2. The van der Waals surface area contributed by atoms with Gasteiger partial charge in [-0.25, -0.2) is 8.42 Å². The third kappa shape index (κ3) is 8.93. The van der Waals surface area contributed by atoms with E-state index in [2.05, 4.69) is 10.3 Å². The molecule has 0 bridgehead atoms. The highest BCUT2D eigenvalue weighted by Gasteiger charge is 2.48. The standard InChI is InChI=1S/C36H45ClN4O10S/c37-29-8-7-25(52(48,49)41-15-13-40(14-16-41)20-33(45)39-19-30(43)34(46)35(47)31(44)21-42)17-23(29)22-50-36(10-11-36)28-18-38-12-9-26(28)27-3-1-2-4-32(27)51-24-5-6-24/h1-4,7-9,12,17-18,24,30-31,34-35,42-44,46-47H,5-6,10-11,13-16,19-22H2,(H,39,45)/t30-,31+,34+,35+/m0/s1. The van der Waals surface area contributed by atoms with E-state index < -0.39 is 59.1 Å². The third-order valence-corrected chi connectivity index (χ3v) is 12.0. The molecule has 52 heavy (non-hydrogen) atoms. The van der Waals surface area contributed by atoms with Crippen LogP contribution in [0.4, 0.5) is 0 Å². The SMILES string of the molecule is O=C(CN1CCN(S(=O)(=O)c2ccc(Cl)c(COC3(c4cnccc4-c4ccccc4OC4CC4)CC3)c2)CC1)NC[C@H](O)[C@@H](O)[C@H](O)[C@H](O)CO. The molecule has 16 heteroatoms. The number of carbonyl (C=O) groups excluding carboxylic acids is 1. The lowest BCUT2D eigenvalue weighted by atomic mass is 9.96. The molecule has 1 amide bonds. The van der Waals surface area contributed by atoms with Gasteiger partial charge in [-0.3, -0.25) is 14.7 Å². The predicted molar refractivity (Wildman–Crippen MR) is 190 cm³/mol. The summed E-state index contributed by atoms with van der Waals surface area (Å²) in [5.74, 6) is 0.341. The van der Waals surface area contributed by atoms with Crippen molar-refractivity contribution in [2.75, 3.05) is 45.9 Å². The van der Waals surface area contributed by atoms with Gasteiger partial charge in [0.05, 0.1) is 42.5 Å². The van der Waals surface area contributed by atoms with Gasteiger partial charge in [0.15, 0.2) is 0 Å². The molecule has 282 valence electrons. The van der Waals surface area contributed by atoms with E-state index in [4.69, 9.17) is 26.2 Å². The maximum absolute atomic E-state index is 13.7. The van der Waals surface area contributed by atoms with Gasteiger partial charge in [0, 0.05) is 61.3 Å². The first-order valence-electron chi connectivity index (χ1n) is 17.4. The van der Waals surface area contributed by atoms with E-state index in [1.807, 2.05) is 36.5 Å². The second-order valence-corrected chi connectivity index (χ2v) is 15.9. The number of amides is 1. The first kappa shape index (κ1) is 38.5. The van der Waals surface area contributed by atoms with Gasteiger partial charge in [0.25, 0.3) is 0 Å². The highest BCUT2D eigenvalue weighted by molar-refractivity contribution is 7.89. The average molecular weight is 761 g/mol.